The van der Waals surface area contributed by atoms with E-state index < -0.39 is 5.43 Å². The normalized spacial score (nSPS) is 10.7. The predicted octanol–water partition coefficient (Wildman–Crippen LogP) is 2.90. The molecule has 2 N–H and O–H groups in total. The van der Waals surface area contributed by atoms with E-state index in [4.69, 9.17) is 18.6 Å². The first-order valence-electron chi connectivity index (χ1n) is 7.29. The largest absolute Gasteiger partial charge is 0.504 e. The van der Waals surface area contributed by atoms with Crippen LogP contribution in [0.3, 0.4) is 0 Å². The van der Waals surface area contributed by atoms with Crippen molar-refractivity contribution in [1.82, 2.24) is 0 Å². The smallest absolute Gasteiger partial charge is 0.203 e. The lowest BCUT2D eigenvalue weighted by Crippen LogP contribution is -2.02. The molecule has 0 amide bonds. The Hall–Kier alpha value is -3.35. The minimum atomic E-state index is -0.443. The number of aromatic hydroxyl groups is 2. The fraction of sp³-hybridized carbons (Fsp3) is 0.167. The molecule has 130 valence electrons. The maximum Gasteiger partial charge on any atom is 0.203 e. The van der Waals surface area contributed by atoms with Gasteiger partial charge in [-0.1, -0.05) is 0 Å². The molecule has 3 rings (SSSR count). The van der Waals surface area contributed by atoms with E-state index in [1.165, 1.54) is 45.6 Å². The average molecular weight is 344 g/mol. The first kappa shape index (κ1) is 16.5. The third-order valence-electron chi connectivity index (χ3n) is 3.79. The van der Waals surface area contributed by atoms with Gasteiger partial charge in [0.05, 0.1) is 21.3 Å². The van der Waals surface area contributed by atoms with Crippen molar-refractivity contribution in [3.8, 4) is 40.1 Å². The molecule has 3 aromatic rings. The zero-order chi connectivity index (χ0) is 18.1. The summed E-state index contributed by atoms with van der Waals surface area (Å²) < 4.78 is 21.0. The first-order valence-corrected chi connectivity index (χ1v) is 7.29. The van der Waals surface area contributed by atoms with E-state index in [0.29, 0.717) is 5.56 Å². The molecule has 25 heavy (non-hydrogen) atoms. The van der Waals surface area contributed by atoms with Crippen LogP contribution in [0.5, 0.6) is 28.7 Å². The molecule has 0 radical (unpaired) electrons. The standard InChI is InChI=1S/C18H16O7/c1-22-13-5-4-12-16(17(13)21)10(19)8-14(25-12)9-6-11(20)18(24-3)15(7-9)23-2/h4-8,20-21H,1-3H3. The molecule has 0 saturated carbocycles. The van der Waals surface area contributed by atoms with E-state index >= 15 is 0 Å². The number of methoxy groups -OCH3 is 3. The highest BCUT2D eigenvalue weighted by atomic mass is 16.5. The van der Waals surface area contributed by atoms with Gasteiger partial charge in [0.15, 0.2) is 28.4 Å². The van der Waals surface area contributed by atoms with Crippen LogP contribution < -0.4 is 19.6 Å². The second-order valence-corrected chi connectivity index (χ2v) is 5.20. The topological polar surface area (TPSA) is 98.4 Å². The second-order valence-electron chi connectivity index (χ2n) is 5.20. The molecule has 7 nitrogen and oxygen atoms in total. The second kappa shape index (κ2) is 6.27. The van der Waals surface area contributed by atoms with Gasteiger partial charge in [-0.3, -0.25) is 4.79 Å². The van der Waals surface area contributed by atoms with Crippen molar-refractivity contribution in [1.29, 1.82) is 0 Å². The number of rotatable bonds is 4. The molecule has 7 heteroatoms. The summed E-state index contributed by atoms with van der Waals surface area (Å²) in [6.45, 7) is 0. The van der Waals surface area contributed by atoms with Gasteiger partial charge in [0.2, 0.25) is 5.75 Å². The van der Waals surface area contributed by atoms with Crippen molar-refractivity contribution in [3.05, 3.63) is 40.6 Å². The van der Waals surface area contributed by atoms with Gasteiger partial charge in [0.1, 0.15) is 16.7 Å². The molecule has 0 bridgehead atoms. The van der Waals surface area contributed by atoms with E-state index in [2.05, 4.69) is 0 Å². The Balaban J connectivity index is 2.24. The number of ether oxygens (including phenoxy) is 3. The average Bonchev–Trinajstić information content (AvgIpc) is 2.60. The fourth-order valence-corrected chi connectivity index (χ4v) is 2.61. The van der Waals surface area contributed by atoms with Gasteiger partial charge in [0, 0.05) is 11.6 Å². The van der Waals surface area contributed by atoms with Gasteiger partial charge in [-0.2, -0.15) is 0 Å². The van der Waals surface area contributed by atoms with Crippen LogP contribution in [0.2, 0.25) is 0 Å². The summed E-state index contributed by atoms with van der Waals surface area (Å²) in [5, 5.41) is 20.2. The number of benzene rings is 2. The summed E-state index contributed by atoms with van der Waals surface area (Å²) in [6, 6.07) is 7.22. The molecule has 0 spiro atoms. The summed E-state index contributed by atoms with van der Waals surface area (Å²) >= 11 is 0. The van der Waals surface area contributed by atoms with Gasteiger partial charge >= 0.3 is 0 Å². The molecule has 0 unspecified atom stereocenters. The van der Waals surface area contributed by atoms with E-state index in [9.17, 15) is 15.0 Å². The fourth-order valence-electron chi connectivity index (χ4n) is 2.61. The number of hydrogen-bond donors (Lipinski definition) is 2. The van der Waals surface area contributed by atoms with Crippen LogP contribution in [-0.4, -0.2) is 31.5 Å². The van der Waals surface area contributed by atoms with Crippen LogP contribution in [0.1, 0.15) is 0 Å². The number of hydrogen-bond acceptors (Lipinski definition) is 7. The maximum atomic E-state index is 12.4. The highest BCUT2D eigenvalue weighted by Crippen LogP contribution is 2.41. The minimum Gasteiger partial charge on any atom is -0.504 e. The monoisotopic (exact) mass is 344 g/mol. The number of phenolic OH excluding ortho intramolecular Hbond substituents is 2. The van der Waals surface area contributed by atoms with Gasteiger partial charge in [-0.15, -0.1) is 0 Å². The lowest BCUT2D eigenvalue weighted by Gasteiger charge is -2.12. The summed E-state index contributed by atoms with van der Waals surface area (Å²) in [4.78, 5) is 12.4. The SMILES string of the molecule is COc1cc(-c2cc(=O)c3c(O)c(OC)ccc3o2)cc(O)c1OC. The molecule has 0 atom stereocenters. The summed E-state index contributed by atoms with van der Waals surface area (Å²) in [6.07, 6.45) is 0. The third-order valence-corrected chi connectivity index (χ3v) is 3.79. The lowest BCUT2D eigenvalue weighted by atomic mass is 10.1. The summed E-state index contributed by atoms with van der Waals surface area (Å²) in [5.74, 6) is 0.414. The molecule has 2 aromatic carbocycles. The van der Waals surface area contributed by atoms with Crippen molar-refractivity contribution in [3.63, 3.8) is 0 Å². The predicted molar refractivity (Wildman–Crippen MR) is 90.9 cm³/mol. The Kier molecular flexibility index (Phi) is 4.14. The Labute approximate surface area is 142 Å². The van der Waals surface area contributed by atoms with Gasteiger partial charge in [-0.25, -0.2) is 0 Å². The molecule has 0 aliphatic rings. The molecule has 1 aromatic heterocycles. The zero-order valence-electron chi connectivity index (χ0n) is 13.8. The van der Waals surface area contributed by atoms with Crippen LogP contribution in [0.4, 0.5) is 0 Å². The van der Waals surface area contributed by atoms with E-state index in [-0.39, 0.29) is 45.5 Å². The Bertz CT molecular complexity index is 1000. The highest BCUT2D eigenvalue weighted by Gasteiger charge is 2.17. The third kappa shape index (κ3) is 2.69. The quantitative estimate of drug-likeness (QED) is 0.751. The van der Waals surface area contributed by atoms with E-state index in [1.807, 2.05) is 0 Å². The summed E-state index contributed by atoms with van der Waals surface area (Å²) in [7, 11) is 4.23. The molecule has 0 aliphatic carbocycles. The van der Waals surface area contributed by atoms with Gasteiger partial charge < -0.3 is 28.8 Å². The van der Waals surface area contributed by atoms with Crippen LogP contribution >= 0.6 is 0 Å². The molecular weight excluding hydrogens is 328 g/mol. The zero-order valence-corrected chi connectivity index (χ0v) is 13.8. The van der Waals surface area contributed by atoms with Crippen LogP contribution in [0.15, 0.2) is 39.5 Å². The Morgan fingerprint density at radius 1 is 0.920 bits per heavy atom. The van der Waals surface area contributed by atoms with Crippen molar-refractivity contribution < 1.29 is 28.8 Å². The highest BCUT2D eigenvalue weighted by molar-refractivity contribution is 5.87. The van der Waals surface area contributed by atoms with E-state index in [1.54, 1.807) is 6.07 Å². The molecule has 0 saturated heterocycles. The van der Waals surface area contributed by atoms with Crippen molar-refractivity contribution in [2.24, 2.45) is 0 Å². The molecule has 0 aliphatic heterocycles. The van der Waals surface area contributed by atoms with E-state index in [0.717, 1.165) is 0 Å². The molecular formula is C18H16O7. The van der Waals surface area contributed by atoms with Gasteiger partial charge in [-0.05, 0) is 24.3 Å². The number of fused-ring (bicyclic) bond motifs is 1. The van der Waals surface area contributed by atoms with Crippen molar-refractivity contribution in [2.45, 2.75) is 0 Å². The molecule has 0 fully saturated rings. The van der Waals surface area contributed by atoms with Crippen LogP contribution in [0.25, 0.3) is 22.3 Å². The lowest BCUT2D eigenvalue weighted by molar-refractivity contribution is 0.333. The van der Waals surface area contributed by atoms with Crippen molar-refractivity contribution >= 4 is 11.0 Å². The minimum absolute atomic E-state index is 0.0211. The number of phenols is 2. The maximum absolute atomic E-state index is 12.4. The first-order chi connectivity index (χ1) is 12.0. The Morgan fingerprint density at radius 2 is 1.64 bits per heavy atom. The van der Waals surface area contributed by atoms with Crippen molar-refractivity contribution in [2.75, 3.05) is 21.3 Å². The summed E-state index contributed by atoms with van der Waals surface area (Å²) in [5.41, 5.74) is 0.168. The van der Waals surface area contributed by atoms with Crippen LogP contribution in [-0.2, 0) is 0 Å². The van der Waals surface area contributed by atoms with Crippen LogP contribution in [0, 0.1) is 0 Å². The Morgan fingerprint density at radius 3 is 2.28 bits per heavy atom. The molecule has 1 heterocycles. The van der Waals surface area contributed by atoms with Gasteiger partial charge in [0.25, 0.3) is 0 Å².